The monoisotopic (exact) mass is 344 g/mol. The predicted octanol–water partition coefficient (Wildman–Crippen LogP) is 2.84. The van der Waals surface area contributed by atoms with Crippen LogP contribution in [0.1, 0.15) is 40.7 Å². The first-order valence-corrected chi connectivity index (χ1v) is 8.12. The molecule has 7 heteroatoms. The van der Waals surface area contributed by atoms with Crippen molar-refractivity contribution in [2.45, 2.75) is 33.6 Å². The van der Waals surface area contributed by atoms with Gasteiger partial charge >= 0.3 is 0 Å². The van der Waals surface area contributed by atoms with Crippen LogP contribution in [0.4, 0.5) is 5.69 Å². The Hall–Kier alpha value is -2.83. The molecule has 0 aliphatic carbocycles. The van der Waals surface area contributed by atoms with Gasteiger partial charge in [0.25, 0.3) is 0 Å². The number of hydrogen-bond acceptors (Lipinski definition) is 6. The van der Waals surface area contributed by atoms with Gasteiger partial charge < -0.3 is 19.3 Å². The number of rotatable bonds is 5. The molecule has 1 N–H and O–H groups in total. The molecule has 2 heterocycles. The Morgan fingerprint density at radius 1 is 1.16 bits per heavy atom. The topological polar surface area (TPSA) is 90.7 Å². The number of ketones is 1. The number of aromatic nitrogens is 1. The predicted molar refractivity (Wildman–Crippen MR) is 90.4 cm³/mol. The van der Waals surface area contributed by atoms with Crippen LogP contribution in [-0.4, -0.2) is 30.1 Å². The molecule has 7 nitrogen and oxygen atoms in total. The highest BCUT2D eigenvalue weighted by Crippen LogP contribution is 2.36. The quantitative estimate of drug-likeness (QED) is 0.839. The molecule has 0 radical (unpaired) electrons. The van der Waals surface area contributed by atoms with Crippen LogP contribution in [0.3, 0.4) is 0 Å². The van der Waals surface area contributed by atoms with Gasteiger partial charge in [0.05, 0.1) is 11.4 Å². The van der Waals surface area contributed by atoms with Crippen LogP contribution in [0.25, 0.3) is 0 Å². The van der Waals surface area contributed by atoms with Crippen LogP contribution in [0.15, 0.2) is 16.7 Å². The number of Topliss-reactive ketones (excluding diaryl/α,β-unsaturated/α-hetero) is 1. The average molecular weight is 344 g/mol. The van der Waals surface area contributed by atoms with Crippen molar-refractivity contribution >= 4 is 17.4 Å². The Morgan fingerprint density at radius 2 is 1.84 bits per heavy atom. The molecule has 0 unspecified atom stereocenters. The van der Waals surface area contributed by atoms with Crippen molar-refractivity contribution in [1.82, 2.24) is 5.16 Å². The fourth-order valence-corrected chi connectivity index (χ4v) is 2.79. The van der Waals surface area contributed by atoms with Gasteiger partial charge in [-0.25, -0.2) is 0 Å². The molecule has 132 valence electrons. The molecule has 0 saturated heterocycles. The van der Waals surface area contributed by atoms with Crippen molar-refractivity contribution in [3.8, 4) is 11.5 Å². The van der Waals surface area contributed by atoms with Gasteiger partial charge in [-0.05, 0) is 33.3 Å². The third-order valence-corrected chi connectivity index (χ3v) is 4.12. The number of anilines is 1. The molecule has 25 heavy (non-hydrogen) atoms. The Labute approximate surface area is 145 Å². The number of carbonyl (C=O) groups excluding carboxylic acids is 2. The van der Waals surface area contributed by atoms with Crippen LogP contribution >= 0.6 is 0 Å². The summed E-state index contributed by atoms with van der Waals surface area (Å²) < 4.78 is 16.1. The highest BCUT2D eigenvalue weighted by atomic mass is 16.6. The number of nitrogens with zero attached hydrogens (tertiary/aromatic N) is 1. The lowest BCUT2D eigenvalue weighted by molar-refractivity contribution is -0.116. The maximum absolute atomic E-state index is 12.3. The lowest BCUT2D eigenvalue weighted by Crippen LogP contribution is -2.18. The number of fused-ring (bicyclic) bond motifs is 1. The minimum atomic E-state index is -0.195. The summed E-state index contributed by atoms with van der Waals surface area (Å²) in [6, 6.07) is 3.25. The van der Waals surface area contributed by atoms with Gasteiger partial charge in [-0.2, -0.15) is 0 Å². The van der Waals surface area contributed by atoms with Gasteiger partial charge in [0, 0.05) is 23.6 Å². The first kappa shape index (κ1) is 17.0. The lowest BCUT2D eigenvalue weighted by atomic mass is 10.1. The van der Waals surface area contributed by atoms with E-state index in [4.69, 9.17) is 14.0 Å². The normalized spacial score (nSPS) is 12.8. The summed E-state index contributed by atoms with van der Waals surface area (Å²) in [4.78, 5) is 24.2. The van der Waals surface area contributed by atoms with E-state index in [0.29, 0.717) is 48.1 Å². The van der Waals surface area contributed by atoms with Crippen molar-refractivity contribution < 1.29 is 23.6 Å². The number of amides is 1. The standard InChI is InChI=1S/C18H20N2O5/c1-10-13(12(3)25-20-10)4-5-18(22)19-15-9-17-16(23-6-7-24-17)8-14(15)11(2)21/h8-9H,4-7H2,1-3H3,(H,19,22). The summed E-state index contributed by atoms with van der Waals surface area (Å²) in [5.41, 5.74) is 2.55. The summed E-state index contributed by atoms with van der Waals surface area (Å²) in [7, 11) is 0. The molecule has 1 amide bonds. The highest BCUT2D eigenvalue weighted by molar-refractivity contribution is 6.04. The maximum atomic E-state index is 12.3. The van der Waals surface area contributed by atoms with Crippen molar-refractivity contribution in [2.24, 2.45) is 0 Å². The lowest BCUT2D eigenvalue weighted by Gasteiger charge is -2.20. The van der Waals surface area contributed by atoms with E-state index in [-0.39, 0.29) is 18.1 Å². The van der Waals surface area contributed by atoms with Crippen molar-refractivity contribution in [1.29, 1.82) is 0 Å². The van der Waals surface area contributed by atoms with Crippen LogP contribution in [0, 0.1) is 13.8 Å². The first-order valence-electron chi connectivity index (χ1n) is 8.12. The molecule has 1 aliphatic rings. The van der Waals surface area contributed by atoms with E-state index >= 15 is 0 Å². The zero-order chi connectivity index (χ0) is 18.0. The number of nitrogens with one attached hydrogen (secondary N) is 1. The number of benzene rings is 1. The van der Waals surface area contributed by atoms with E-state index in [0.717, 1.165) is 11.3 Å². The number of carbonyl (C=O) groups is 2. The summed E-state index contributed by atoms with van der Waals surface area (Å²) >= 11 is 0. The molecule has 0 atom stereocenters. The Balaban J connectivity index is 1.75. The van der Waals surface area contributed by atoms with Crippen molar-refractivity contribution in [3.05, 3.63) is 34.7 Å². The van der Waals surface area contributed by atoms with Gasteiger partial charge in [0.1, 0.15) is 19.0 Å². The molecule has 0 bridgehead atoms. The average Bonchev–Trinajstić information content (AvgIpc) is 2.90. The van der Waals surface area contributed by atoms with Crippen LogP contribution in [-0.2, 0) is 11.2 Å². The second kappa shape index (κ2) is 6.96. The Bertz CT molecular complexity index is 806. The Kier molecular flexibility index (Phi) is 4.74. The van der Waals surface area contributed by atoms with E-state index in [1.807, 2.05) is 13.8 Å². The van der Waals surface area contributed by atoms with E-state index in [2.05, 4.69) is 10.5 Å². The van der Waals surface area contributed by atoms with Crippen LogP contribution in [0.2, 0.25) is 0 Å². The van der Waals surface area contributed by atoms with E-state index < -0.39 is 0 Å². The molecule has 3 rings (SSSR count). The molecule has 2 aromatic rings. The summed E-state index contributed by atoms with van der Waals surface area (Å²) in [5.74, 6) is 1.41. The third kappa shape index (κ3) is 3.65. The van der Waals surface area contributed by atoms with Crippen LogP contribution in [0.5, 0.6) is 11.5 Å². The minimum Gasteiger partial charge on any atom is -0.486 e. The molecule has 1 aromatic carbocycles. The SMILES string of the molecule is CC(=O)c1cc2c(cc1NC(=O)CCc1c(C)noc1C)OCCO2. The van der Waals surface area contributed by atoms with E-state index in [9.17, 15) is 9.59 Å². The van der Waals surface area contributed by atoms with E-state index in [1.165, 1.54) is 6.92 Å². The second-order valence-corrected chi connectivity index (χ2v) is 5.95. The van der Waals surface area contributed by atoms with Gasteiger partial charge in [0.2, 0.25) is 5.91 Å². The zero-order valence-corrected chi connectivity index (χ0v) is 14.5. The summed E-state index contributed by atoms with van der Waals surface area (Å²) in [6.07, 6.45) is 0.779. The third-order valence-electron chi connectivity index (χ3n) is 4.12. The largest absolute Gasteiger partial charge is 0.486 e. The smallest absolute Gasteiger partial charge is 0.224 e. The minimum absolute atomic E-state index is 0.155. The van der Waals surface area contributed by atoms with Crippen molar-refractivity contribution in [2.75, 3.05) is 18.5 Å². The zero-order valence-electron chi connectivity index (χ0n) is 14.5. The maximum Gasteiger partial charge on any atom is 0.224 e. The number of aryl methyl sites for hydroxylation is 2. The molecule has 1 aliphatic heterocycles. The van der Waals surface area contributed by atoms with Gasteiger partial charge in [-0.3, -0.25) is 9.59 Å². The summed E-state index contributed by atoms with van der Waals surface area (Å²) in [6.45, 7) is 5.99. The van der Waals surface area contributed by atoms with Gasteiger partial charge in [0.15, 0.2) is 17.3 Å². The summed E-state index contributed by atoms with van der Waals surface area (Å²) in [5, 5.41) is 6.68. The van der Waals surface area contributed by atoms with E-state index in [1.54, 1.807) is 12.1 Å². The molecule has 0 spiro atoms. The fourth-order valence-electron chi connectivity index (χ4n) is 2.79. The first-order chi connectivity index (χ1) is 12.0. The fraction of sp³-hybridized carbons (Fsp3) is 0.389. The molecule has 0 saturated carbocycles. The molecule has 1 aromatic heterocycles. The Morgan fingerprint density at radius 3 is 2.44 bits per heavy atom. The highest BCUT2D eigenvalue weighted by Gasteiger charge is 2.19. The number of ether oxygens (including phenoxy) is 2. The molecular formula is C18H20N2O5. The van der Waals surface area contributed by atoms with Crippen LogP contribution < -0.4 is 14.8 Å². The van der Waals surface area contributed by atoms with Crippen molar-refractivity contribution in [3.63, 3.8) is 0 Å². The van der Waals surface area contributed by atoms with Gasteiger partial charge in [-0.1, -0.05) is 5.16 Å². The molecular weight excluding hydrogens is 324 g/mol. The second-order valence-electron chi connectivity index (χ2n) is 5.95. The molecule has 0 fully saturated rings. The van der Waals surface area contributed by atoms with Gasteiger partial charge in [-0.15, -0.1) is 0 Å². The number of hydrogen-bond donors (Lipinski definition) is 1.